The molecule has 4 atom stereocenters. The van der Waals surface area contributed by atoms with Gasteiger partial charge in [-0.05, 0) is 36.2 Å². The molecule has 12 nitrogen and oxygen atoms in total. The van der Waals surface area contributed by atoms with Gasteiger partial charge in [-0.15, -0.1) is 0 Å². The summed E-state index contributed by atoms with van der Waals surface area (Å²) in [7, 11) is 1.09. The molecule has 2 heterocycles. The largest absolute Gasteiger partial charge is 0.465 e. The number of esters is 1. The highest BCUT2D eigenvalue weighted by molar-refractivity contribution is 6.31. The fourth-order valence-corrected chi connectivity index (χ4v) is 7.13. The molecule has 5 rings (SSSR count). The minimum absolute atomic E-state index is 0. The van der Waals surface area contributed by atoms with E-state index in [-0.39, 0.29) is 46.7 Å². The van der Waals surface area contributed by atoms with Crippen LogP contribution in [0.4, 0.5) is 15.8 Å². The molecule has 2 aliphatic rings. The van der Waals surface area contributed by atoms with E-state index in [9.17, 15) is 34.6 Å². The van der Waals surface area contributed by atoms with Crippen LogP contribution in [0.3, 0.4) is 0 Å². The Balaban J connectivity index is 0.00000500. The number of nitrogens with one attached hydrogen (secondary N) is 1. The molecule has 0 radical (unpaired) electrons. The summed E-state index contributed by atoms with van der Waals surface area (Å²) in [6.07, 6.45) is -0.659. The number of rotatable bonds is 9. The SMILES string of the molecule is C.COC(=O)c1ccc(C(=O)C[C@H]2C([N+](=O)[O-])[C@H](c3cccc(Cl)c3F)[C@]3(C(=O)Nc4cc(Cl)ccc43)N2CC(C)C)c([N+](=O)[O-])c1. The molecule has 1 N–H and O–H groups in total. The summed E-state index contributed by atoms with van der Waals surface area (Å²) >= 11 is 12.4. The van der Waals surface area contributed by atoms with Crippen LogP contribution in [-0.2, 0) is 15.1 Å². The summed E-state index contributed by atoms with van der Waals surface area (Å²) in [5, 5.41) is 27.8. The number of carbonyl (C=O) groups is 3. The number of likely N-dealkylation sites (tertiary alicyclic amines) is 1. The second kappa shape index (κ2) is 13.3. The lowest BCUT2D eigenvalue weighted by molar-refractivity contribution is -0.528. The quantitative estimate of drug-likeness (QED) is 0.112. The zero-order valence-electron chi connectivity index (χ0n) is 24.7. The Hall–Kier alpha value is -4.46. The Kier molecular flexibility index (Phi) is 10.0. The number of methoxy groups -OCH3 is 1. The highest BCUT2D eigenvalue weighted by Crippen LogP contribution is 2.59. The number of fused-ring (bicyclic) bond motifs is 2. The normalized spacial score (nSPS) is 21.7. The molecule has 2 aliphatic heterocycles. The van der Waals surface area contributed by atoms with Crippen LogP contribution in [0, 0.1) is 32.0 Å². The monoisotopic (exact) mass is 688 g/mol. The Morgan fingerprint density at radius 2 is 1.81 bits per heavy atom. The van der Waals surface area contributed by atoms with Gasteiger partial charge in [0.15, 0.2) is 5.78 Å². The van der Waals surface area contributed by atoms with E-state index in [1.54, 1.807) is 0 Å². The number of ketones is 1. The Bertz CT molecular complexity index is 1800. The summed E-state index contributed by atoms with van der Waals surface area (Å²) in [6.45, 7) is 3.67. The van der Waals surface area contributed by atoms with E-state index < -0.39 is 74.5 Å². The van der Waals surface area contributed by atoms with Crippen molar-refractivity contribution in [3.05, 3.63) is 113 Å². The summed E-state index contributed by atoms with van der Waals surface area (Å²) in [5.41, 5.74) is -2.83. The predicted molar refractivity (Wildman–Crippen MR) is 172 cm³/mol. The van der Waals surface area contributed by atoms with Crippen molar-refractivity contribution in [3.8, 4) is 0 Å². The van der Waals surface area contributed by atoms with Crippen LogP contribution in [0.15, 0.2) is 54.6 Å². The van der Waals surface area contributed by atoms with Gasteiger partial charge in [-0.2, -0.15) is 0 Å². The molecular weight excluding hydrogens is 658 g/mol. The minimum atomic E-state index is -1.90. The summed E-state index contributed by atoms with van der Waals surface area (Å²) in [4.78, 5) is 65.4. The molecule has 47 heavy (non-hydrogen) atoms. The number of nitrogens with zero attached hydrogens (tertiary/aromatic N) is 3. The van der Waals surface area contributed by atoms with Crippen LogP contribution in [-0.4, -0.2) is 58.1 Å². The predicted octanol–water partition coefficient (Wildman–Crippen LogP) is 6.65. The van der Waals surface area contributed by atoms with Crippen molar-refractivity contribution in [2.45, 2.75) is 51.2 Å². The molecule has 1 unspecified atom stereocenters. The van der Waals surface area contributed by atoms with Gasteiger partial charge in [-0.1, -0.05) is 62.7 Å². The van der Waals surface area contributed by atoms with Crippen molar-refractivity contribution in [1.82, 2.24) is 4.90 Å². The third-order valence-electron chi connectivity index (χ3n) is 8.46. The van der Waals surface area contributed by atoms with Crippen LogP contribution < -0.4 is 5.32 Å². The van der Waals surface area contributed by atoms with Gasteiger partial charge in [0.2, 0.25) is 6.04 Å². The molecule has 3 aromatic rings. The van der Waals surface area contributed by atoms with E-state index in [1.165, 1.54) is 47.4 Å². The smallest absolute Gasteiger partial charge is 0.338 e. The lowest BCUT2D eigenvalue weighted by Crippen LogP contribution is -2.53. The summed E-state index contributed by atoms with van der Waals surface area (Å²) in [6, 6.07) is 8.55. The molecule has 3 aromatic carbocycles. The first-order valence-corrected chi connectivity index (χ1v) is 14.8. The number of nitro groups is 2. The maximum atomic E-state index is 15.9. The molecule has 1 fully saturated rings. The molecule has 1 spiro atoms. The number of hydrogen-bond acceptors (Lipinski definition) is 9. The average molecular weight is 690 g/mol. The molecule has 248 valence electrons. The zero-order chi connectivity index (χ0) is 33.7. The van der Waals surface area contributed by atoms with E-state index >= 15 is 4.39 Å². The van der Waals surface area contributed by atoms with Crippen molar-refractivity contribution >= 4 is 52.2 Å². The molecule has 15 heteroatoms. The number of anilines is 1. The number of nitro benzene ring substituents is 1. The number of benzene rings is 3. The number of ether oxygens (including phenoxy) is 1. The van der Waals surface area contributed by atoms with Crippen LogP contribution in [0.2, 0.25) is 10.0 Å². The first-order chi connectivity index (χ1) is 21.7. The number of halogens is 3. The maximum Gasteiger partial charge on any atom is 0.338 e. The number of Topliss-reactive ketones (excluding diaryl/α,β-unsaturated/α-hetero) is 1. The lowest BCUT2D eigenvalue weighted by atomic mass is 9.73. The number of carbonyl (C=O) groups excluding carboxylic acids is 3. The van der Waals surface area contributed by atoms with Gasteiger partial charge in [-0.25, -0.2) is 9.18 Å². The first-order valence-electron chi connectivity index (χ1n) is 14.1. The van der Waals surface area contributed by atoms with Gasteiger partial charge in [-0.3, -0.25) is 34.7 Å². The average Bonchev–Trinajstić information content (AvgIpc) is 3.44. The van der Waals surface area contributed by atoms with E-state index in [2.05, 4.69) is 10.1 Å². The van der Waals surface area contributed by atoms with E-state index in [0.29, 0.717) is 5.56 Å². The second-order valence-corrected chi connectivity index (χ2v) is 12.4. The van der Waals surface area contributed by atoms with Gasteiger partial charge >= 0.3 is 5.97 Å². The minimum Gasteiger partial charge on any atom is -0.465 e. The third-order valence-corrected chi connectivity index (χ3v) is 8.99. The van der Waals surface area contributed by atoms with Gasteiger partial charge in [0.25, 0.3) is 11.6 Å². The molecular formula is C32H31Cl2FN4O8. The molecule has 1 saturated heterocycles. The van der Waals surface area contributed by atoms with Gasteiger partial charge in [0, 0.05) is 45.8 Å². The van der Waals surface area contributed by atoms with E-state index in [4.69, 9.17) is 23.2 Å². The van der Waals surface area contributed by atoms with Crippen LogP contribution in [0.1, 0.15) is 65.5 Å². The van der Waals surface area contributed by atoms with E-state index in [1.807, 2.05) is 13.8 Å². The van der Waals surface area contributed by atoms with Crippen molar-refractivity contribution in [3.63, 3.8) is 0 Å². The number of amides is 1. The maximum absolute atomic E-state index is 15.9. The topological polar surface area (TPSA) is 162 Å². The highest BCUT2D eigenvalue weighted by Gasteiger charge is 2.71. The first kappa shape index (κ1) is 35.4. The third kappa shape index (κ3) is 5.83. The van der Waals surface area contributed by atoms with Crippen LogP contribution in [0.25, 0.3) is 0 Å². The fraction of sp³-hybridized carbons (Fsp3) is 0.344. The van der Waals surface area contributed by atoms with Crippen LogP contribution >= 0.6 is 23.2 Å². The number of hydrogen-bond donors (Lipinski definition) is 1. The second-order valence-electron chi connectivity index (χ2n) is 11.5. The van der Waals surface area contributed by atoms with Crippen molar-refractivity contribution in [2.75, 3.05) is 19.0 Å². The van der Waals surface area contributed by atoms with Crippen molar-refractivity contribution in [2.24, 2.45) is 5.92 Å². The van der Waals surface area contributed by atoms with E-state index in [0.717, 1.165) is 19.2 Å². The molecule has 0 aromatic heterocycles. The van der Waals surface area contributed by atoms with Gasteiger partial charge in [0.05, 0.1) is 40.1 Å². The molecule has 1 amide bonds. The zero-order valence-corrected chi connectivity index (χ0v) is 26.2. The summed E-state index contributed by atoms with van der Waals surface area (Å²) in [5.74, 6) is -5.09. The Morgan fingerprint density at radius 3 is 2.43 bits per heavy atom. The van der Waals surface area contributed by atoms with Crippen molar-refractivity contribution < 1.29 is 33.4 Å². The van der Waals surface area contributed by atoms with Crippen molar-refractivity contribution in [1.29, 1.82) is 0 Å². The van der Waals surface area contributed by atoms with Gasteiger partial charge in [0.1, 0.15) is 11.4 Å². The molecule has 0 saturated carbocycles. The Morgan fingerprint density at radius 1 is 1.11 bits per heavy atom. The fourth-order valence-electron chi connectivity index (χ4n) is 6.78. The standard InChI is InChI=1S/C31H27Cl2FN4O8.CH4/c1-15(2)14-36-24(13-25(39)18-9-7-16(29(40)46-3)11-23(18)37(42)43)28(38(44)45)26(19-5-4-6-21(33)27(19)34)31(36)20-10-8-17(32)12-22(20)35-30(31)41;/h4-12,15,24,26,28H,13-14H2,1-3H3,(H,35,41);1H4/t24-,26-,28?,31+;/m0./s1. The molecule has 0 bridgehead atoms. The summed E-state index contributed by atoms with van der Waals surface area (Å²) < 4.78 is 20.5. The highest BCUT2D eigenvalue weighted by atomic mass is 35.5. The van der Waals surface area contributed by atoms with Gasteiger partial charge < -0.3 is 10.1 Å². The Labute approximate surface area is 279 Å². The van der Waals surface area contributed by atoms with Crippen LogP contribution in [0.5, 0.6) is 0 Å². The lowest BCUT2D eigenvalue weighted by Gasteiger charge is -2.39. The molecule has 0 aliphatic carbocycles.